The SMILES string of the molecule is CN1C(=O)/C(=C/c2ccc(OCC(N)=O)cc2)SC1=Nc1ccc2c(c1)OCO2. The molecule has 2 aromatic carbocycles. The molecule has 9 heteroatoms. The number of hydrogen-bond acceptors (Lipinski definition) is 7. The van der Waals surface area contributed by atoms with Gasteiger partial charge < -0.3 is 19.9 Å². The van der Waals surface area contributed by atoms with Crippen molar-refractivity contribution in [1.29, 1.82) is 0 Å². The van der Waals surface area contributed by atoms with E-state index in [4.69, 9.17) is 19.9 Å². The van der Waals surface area contributed by atoms with Gasteiger partial charge in [0, 0.05) is 13.1 Å². The Balaban J connectivity index is 1.51. The Labute approximate surface area is 170 Å². The van der Waals surface area contributed by atoms with Crippen molar-refractivity contribution in [3.05, 3.63) is 52.9 Å². The molecule has 1 saturated heterocycles. The lowest BCUT2D eigenvalue weighted by Gasteiger charge is -2.07. The Morgan fingerprint density at radius 2 is 2.00 bits per heavy atom. The molecular formula is C20H17N3O5S. The Bertz CT molecular complexity index is 1030. The maximum atomic E-state index is 12.6. The monoisotopic (exact) mass is 411 g/mol. The number of fused-ring (bicyclic) bond motifs is 1. The lowest BCUT2D eigenvalue weighted by molar-refractivity contribution is -0.121. The predicted octanol–water partition coefficient (Wildman–Crippen LogP) is 2.51. The first kappa shape index (κ1) is 18.9. The van der Waals surface area contributed by atoms with Crippen LogP contribution in [0.5, 0.6) is 17.2 Å². The first-order valence-corrected chi connectivity index (χ1v) is 9.48. The van der Waals surface area contributed by atoms with Crippen molar-refractivity contribution in [2.24, 2.45) is 10.7 Å². The third-order valence-electron chi connectivity index (χ3n) is 4.14. The number of hydrogen-bond donors (Lipinski definition) is 1. The van der Waals surface area contributed by atoms with Gasteiger partial charge in [-0.2, -0.15) is 0 Å². The molecule has 0 aliphatic carbocycles. The van der Waals surface area contributed by atoms with E-state index in [1.807, 2.05) is 6.07 Å². The van der Waals surface area contributed by atoms with Crippen molar-refractivity contribution >= 4 is 40.5 Å². The van der Waals surface area contributed by atoms with E-state index in [0.717, 1.165) is 5.56 Å². The third-order valence-corrected chi connectivity index (χ3v) is 5.20. The number of primary amides is 1. The molecule has 0 saturated carbocycles. The van der Waals surface area contributed by atoms with Crippen molar-refractivity contribution in [1.82, 2.24) is 4.90 Å². The number of nitrogens with two attached hydrogens (primary N) is 1. The quantitative estimate of drug-likeness (QED) is 0.759. The van der Waals surface area contributed by atoms with Crippen LogP contribution in [0.3, 0.4) is 0 Å². The Kier molecular flexibility index (Phi) is 5.13. The van der Waals surface area contributed by atoms with Crippen LogP contribution in [0.15, 0.2) is 52.4 Å². The van der Waals surface area contributed by atoms with Crippen LogP contribution in [0.25, 0.3) is 6.08 Å². The summed E-state index contributed by atoms with van der Waals surface area (Å²) < 4.78 is 15.9. The first-order valence-electron chi connectivity index (χ1n) is 8.67. The van der Waals surface area contributed by atoms with Gasteiger partial charge in [0.15, 0.2) is 23.3 Å². The lowest BCUT2D eigenvalue weighted by Crippen LogP contribution is -2.23. The van der Waals surface area contributed by atoms with E-state index in [0.29, 0.717) is 33.0 Å². The molecule has 2 heterocycles. The van der Waals surface area contributed by atoms with Gasteiger partial charge in [-0.1, -0.05) is 12.1 Å². The van der Waals surface area contributed by atoms with Crippen molar-refractivity contribution in [3.8, 4) is 17.2 Å². The third kappa shape index (κ3) is 4.19. The van der Waals surface area contributed by atoms with Crippen LogP contribution >= 0.6 is 11.8 Å². The highest BCUT2D eigenvalue weighted by Gasteiger charge is 2.30. The van der Waals surface area contributed by atoms with Crippen molar-refractivity contribution in [3.63, 3.8) is 0 Å². The molecule has 2 aliphatic heterocycles. The number of nitrogens with zero attached hydrogens (tertiary/aromatic N) is 2. The average molecular weight is 411 g/mol. The second-order valence-corrected chi connectivity index (χ2v) is 7.24. The van der Waals surface area contributed by atoms with E-state index in [2.05, 4.69) is 4.99 Å². The van der Waals surface area contributed by atoms with Gasteiger partial charge >= 0.3 is 0 Å². The van der Waals surface area contributed by atoms with Gasteiger partial charge in [-0.25, -0.2) is 4.99 Å². The zero-order valence-electron chi connectivity index (χ0n) is 15.5. The molecule has 148 valence electrons. The van der Waals surface area contributed by atoms with E-state index < -0.39 is 5.91 Å². The maximum Gasteiger partial charge on any atom is 0.266 e. The van der Waals surface area contributed by atoms with Gasteiger partial charge in [0.2, 0.25) is 6.79 Å². The van der Waals surface area contributed by atoms with Crippen molar-refractivity contribution < 1.29 is 23.8 Å². The van der Waals surface area contributed by atoms with E-state index in [1.165, 1.54) is 16.7 Å². The number of thioether (sulfide) groups is 1. The number of carbonyl (C=O) groups excluding carboxylic acids is 2. The number of aliphatic imine (C=N–C) groups is 1. The fourth-order valence-corrected chi connectivity index (χ4v) is 3.67. The number of amidine groups is 1. The van der Waals surface area contributed by atoms with Crippen LogP contribution in [0, 0.1) is 0 Å². The van der Waals surface area contributed by atoms with E-state index in [-0.39, 0.29) is 19.3 Å². The van der Waals surface area contributed by atoms with Gasteiger partial charge in [-0.15, -0.1) is 0 Å². The minimum atomic E-state index is -0.540. The van der Waals surface area contributed by atoms with Gasteiger partial charge in [-0.3, -0.25) is 14.5 Å². The van der Waals surface area contributed by atoms with Crippen LogP contribution < -0.4 is 19.9 Å². The molecule has 1 fully saturated rings. The number of ether oxygens (including phenoxy) is 3. The van der Waals surface area contributed by atoms with Crippen molar-refractivity contribution in [2.75, 3.05) is 20.4 Å². The Hall–Kier alpha value is -3.46. The van der Waals surface area contributed by atoms with Gasteiger partial charge in [-0.05, 0) is 47.7 Å². The molecule has 2 N–H and O–H groups in total. The van der Waals surface area contributed by atoms with Gasteiger partial charge in [0.05, 0.1) is 10.6 Å². The number of carbonyl (C=O) groups is 2. The zero-order chi connectivity index (χ0) is 20.4. The molecule has 8 nitrogen and oxygen atoms in total. The van der Waals surface area contributed by atoms with E-state index >= 15 is 0 Å². The molecule has 4 rings (SSSR count). The van der Waals surface area contributed by atoms with Crippen molar-refractivity contribution in [2.45, 2.75) is 0 Å². The van der Waals surface area contributed by atoms with Crippen LogP contribution in [0.1, 0.15) is 5.56 Å². The fraction of sp³-hybridized carbons (Fsp3) is 0.150. The summed E-state index contributed by atoms with van der Waals surface area (Å²) in [5, 5.41) is 0.571. The molecule has 0 atom stereocenters. The predicted molar refractivity (Wildman–Crippen MR) is 109 cm³/mol. The topological polar surface area (TPSA) is 103 Å². The van der Waals surface area contributed by atoms with Crippen LogP contribution in [0.4, 0.5) is 5.69 Å². The maximum absolute atomic E-state index is 12.6. The number of rotatable bonds is 5. The number of benzene rings is 2. The zero-order valence-corrected chi connectivity index (χ0v) is 16.3. The summed E-state index contributed by atoms with van der Waals surface area (Å²) >= 11 is 1.29. The summed E-state index contributed by atoms with van der Waals surface area (Å²) in [5.74, 6) is 1.17. The molecular weight excluding hydrogens is 394 g/mol. The summed E-state index contributed by atoms with van der Waals surface area (Å²) in [6.07, 6.45) is 1.78. The van der Waals surface area contributed by atoms with E-state index in [9.17, 15) is 9.59 Å². The summed E-state index contributed by atoms with van der Waals surface area (Å²) in [6, 6.07) is 12.4. The van der Waals surface area contributed by atoms with Crippen LogP contribution in [-0.4, -0.2) is 42.3 Å². The molecule has 2 aliphatic rings. The minimum Gasteiger partial charge on any atom is -0.484 e. The highest BCUT2D eigenvalue weighted by atomic mass is 32.2. The minimum absolute atomic E-state index is 0.136. The smallest absolute Gasteiger partial charge is 0.266 e. The highest BCUT2D eigenvalue weighted by Crippen LogP contribution is 2.37. The van der Waals surface area contributed by atoms with E-state index in [1.54, 1.807) is 49.5 Å². The molecule has 0 bridgehead atoms. The normalized spacial score (nSPS) is 18.0. The molecule has 0 aromatic heterocycles. The highest BCUT2D eigenvalue weighted by molar-refractivity contribution is 8.18. The Morgan fingerprint density at radius 3 is 2.76 bits per heavy atom. The summed E-state index contributed by atoms with van der Waals surface area (Å²) in [7, 11) is 1.68. The second kappa shape index (κ2) is 7.88. The second-order valence-electron chi connectivity index (χ2n) is 6.23. The standard InChI is InChI=1S/C20H17N3O5S/c1-23-19(25)17(8-12-2-5-14(6-3-12)26-10-18(21)24)29-20(23)22-13-4-7-15-16(9-13)28-11-27-15/h2-9H,10-11H2,1H3,(H2,21,24)/b17-8-,22-20?. The first-order chi connectivity index (χ1) is 14.0. The summed E-state index contributed by atoms with van der Waals surface area (Å²) in [5.41, 5.74) is 6.56. The number of amides is 2. The molecule has 2 aromatic rings. The largest absolute Gasteiger partial charge is 0.484 e. The average Bonchev–Trinajstić information content (AvgIpc) is 3.28. The lowest BCUT2D eigenvalue weighted by atomic mass is 10.2. The van der Waals surface area contributed by atoms with Gasteiger partial charge in [0.1, 0.15) is 5.75 Å². The van der Waals surface area contributed by atoms with Crippen LogP contribution in [-0.2, 0) is 9.59 Å². The van der Waals surface area contributed by atoms with Crippen LogP contribution in [0.2, 0.25) is 0 Å². The number of likely N-dealkylation sites (N-methyl/N-ethyl adjacent to an activating group) is 1. The molecule has 29 heavy (non-hydrogen) atoms. The summed E-state index contributed by atoms with van der Waals surface area (Å²) in [6.45, 7) is 0.0149. The fourth-order valence-electron chi connectivity index (χ4n) is 2.68. The molecule has 0 spiro atoms. The molecule has 0 radical (unpaired) electrons. The Morgan fingerprint density at radius 1 is 1.24 bits per heavy atom. The molecule has 0 unspecified atom stereocenters. The molecule has 2 amide bonds. The van der Waals surface area contributed by atoms with Gasteiger partial charge in [0.25, 0.3) is 11.8 Å². The summed E-state index contributed by atoms with van der Waals surface area (Å²) in [4.78, 5) is 30.0.